The van der Waals surface area contributed by atoms with Gasteiger partial charge in [0.2, 0.25) is 0 Å². The molecule has 0 bridgehead atoms. The summed E-state index contributed by atoms with van der Waals surface area (Å²) < 4.78 is 0. The van der Waals surface area contributed by atoms with Crippen LogP contribution in [0.4, 0.5) is 0 Å². The van der Waals surface area contributed by atoms with Crippen LogP contribution in [0.3, 0.4) is 0 Å². The minimum atomic E-state index is -0.833. The van der Waals surface area contributed by atoms with Gasteiger partial charge in [-0.1, -0.05) is 0 Å². The minimum absolute atomic E-state index is 0. The molecule has 0 saturated heterocycles. The average Bonchev–Trinajstić information content (AvgIpc) is 2.37. The SMILES string of the molecule is CC(O)N(C(C)O)C(C)O.CC(O)N(C(C)O)C(C)O.C[CH-]C.C[CH-]C.[Ti+4]. The molecule has 8 nitrogen and oxygen atoms in total. The summed E-state index contributed by atoms with van der Waals surface area (Å²) >= 11 is 0. The normalized spacial score (nSPS) is 16.7. The monoisotopic (exact) mass is 432 g/mol. The first-order chi connectivity index (χ1) is 11.8. The van der Waals surface area contributed by atoms with E-state index in [1.807, 2.05) is 40.5 Å². The molecule has 0 amide bonds. The molecule has 0 saturated carbocycles. The quantitative estimate of drug-likeness (QED) is 0.209. The second-order valence-electron chi connectivity index (χ2n) is 5.84. The van der Waals surface area contributed by atoms with Crippen LogP contribution in [0.5, 0.6) is 0 Å². The first-order valence-electron chi connectivity index (χ1n) is 8.87. The fourth-order valence-electron chi connectivity index (χ4n) is 1.87. The summed E-state index contributed by atoms with van der Waals surface area (Å²) in [6, 6.07) is 0. The summed E-state index contributed by atoms with van der Waals surface area (Å²) in [6.07, 6.45) is -1.00. The molecule has 0 aliphatic carbocycles. The van der Waals surface area contributed by atoms with E-state index in [-0.39, 0.29) is 21.7 Å². The van der Waals surface area contributed by atoms with E-state index in [4.69, 9.17) is 30.6 Å². The molecular formula is C18H44N2O6Ti+2. The van der Waals surface area contributed by atoms with E-state index in [2.05, 4.69) is 0 Å². The Morgan fingerprint density at radius 2 is 0.519 bits per heavy atom. The maximum atomic E-state index is 8.96. The van der Waals surface area contributed by atoms with E-state index >= 15 is 0 Å². The molecule has 0 spiro atoms. The number of rotatable bonds is 6. The van der Waals surface area contributed by atoms with E-state index < -0.39 is 37.4 Å². The molecule has 0 radical (unpaired) electrons. The topological polar surface area (TPSA) is 128 Å². The van der Waals surface area contributed by atoms with Crippen LogP contribution in [0.1, 0.15) is 69.2 Å². The zero-order chi connectivity index (χ0) is 22.0. The van der Waals surface area contributed by atoms with Gasteiger partial charge in [-0.05, 0) is 41.5 Å². The first kappa shape index (κ1) is 38.1. The van der Waals surface area contributed by atoms with E-state index in [9.17, 15) is 0 Å². The molecule has 6 unspecified atom stereocenters. The van der Waals surface area contributed by atoms with Gasteiger partial charge in [0, 0.05) is 0 Å². The Morgan fingerprint density at radius 1 is 0.444 bits per heavy atom. The van der Waals surface area contributed by atoms with Crippen molar-refractivity contribution in [2.45, 2.75) is 107 Å². The maximum absolute atomic E-state index is 8.96. The summed E-state index contributed by atoms with van der Waals surface area (Å²) in [5.74, 6) is 0. The van der Waals surface area contributed by atoms with Crippen molar-refractivity contribution in [3.63, 3.8) is 0 Å². The van der Waals surface area contributed by atoms with Gasteiger partial charge in [0.05, 0.1) is 0 Å². The third-order valence-corrected chi connectivity index (χ3v) is 2.59. The molecule has 27 heavy (non-hydrogen) atoms. The van der Waals surface area contributed by atoms with E-state index in [1.165, 1.54) is 51.3 Å². The molecule has 0 rings (SSSR count). The molecular weight excluding hydrogens is 388 g/mol. The molecule has 0 aliphatic rings. The molecule has 0 aromatic rings. The molecule has 0 aromatic heterocycles. The van der Waals surface area contributed by atoms with Gasteiger partial charge in [0.15, 0.2) is 0 Å². The van der Waals surface area contributed by atoms with Crippen molar-refractivity contribution in [3.8, 4) is 0 Å². The first-order valence-corrected chi connectivity index (χ1v) is 8.87. The van der Waals surface area contributed by atoms with Gasteiger partial charge < -0.3 is 43.5 Å². The van der Waals surface area contributed by atoms with Gasteiger partial charge in [-0.25, -0.2) is 9.80 Å². The largest absolute Gasteiger partial charge is 4.00 e. The van der Waals surface area contributed by atoms with Gasteiger partial charge in [-0.15, -0.1) is 0 Å². The maximum Gasteiger partial charge on any atom is 4.00 e. The van der Waals surface area contributed by atoms with Crippen LogP contribution in [0, 0.1) is 12.8 Å². The third-order valence-electron chi connectivity index (χ3n) is 2.59. The Balaban J connectivity index is -0.0000000899. The van der Waals surface area contributed by atoms with Crippen molar-refractivity contribution in [1.29, 1.82) is 0 Å². The average molecular weight is 432 g/mol. The third kappa shape index (κ3) is 26.4. The van der Waals surface area contributed by atoms with Crippen molar-refractivity contribution >= 4 is 0 Å². The van der Waals surface area contributed by atoms with Crippen molar-refractivity contribution in [3.05, 3.63) is 12.8 Å². The Morgan fingerprint density at radius 3 is 0.519 bits per heavy atom. The van der Waals surface area contributed by atoms with Crippen LogP contribution in [0.2, 0.25) is 0 Å². The molecule has 0 aliphatic heterocycles. The molecule has 164 valence electrons. The van der Waals surface area contributed by atoms with Crippen molar-refractivity contribution < 1.29 is 52.4 Å². The standard InChI is InChI=1S/2C6H15NO3.2C3H7.Ti/c2*1-4(8)7(5(2)9)6(3)10;2*1-3-2;/h2*4-6,8-10H,1-3H3;2*3H,1-2H3;/q;;2*-1;+4. The molecule has 0 fully saturated rings. The summed E-state index contributed by atoms with van der Waals surface area (Å²) in [5, 5.41) is 53.8. The Hall–Kier alpha value is 0.394. The molecule has 6 atom stereocenters. The van der Waals surface area contributed by atoms with Crippen molar-refractivity contribution in [1.82, 2.24) is 9.80 Å². The minimum Gasteiger partial charge on any atom is -0.379 e. The molecule has 0 heterocycles. The van der Waals surface area contributed by atoms with Gasteiger partial charge in [-0.2, -0.15) is 27.7 Å². The smallest absolute Gasteiger partial charge is 0.379 e. The van der Waals surface area contributed by atoms with E-state index in [0.29, 0.717) is 0 Å². The van der Waals surface area contributed by atoms with Crippen LogP contribution in [0.15, 0.2) is 0 Å². The van der Waals surface area contributed by atoms with Crippen molar-refractivity contribution in [2.24, 2.45) is 0 Å². The number of hydrogen-bond acceptors (Lipinski definition) is 8. The van der Waals surface area contributed by atoms with Crippen LogP contribution in [0.25, 0.3) is 0 Å². The summed E-state index contributed by atoms with van der Waals surface area (Å²) in [6.45, 7) is 16.9. The number of hydrogen-bond donors (Lipinski definition) is 6. The Labute approximate surface area is 181 Å². The van der Waals surface area contributed by atoms with Crippen LogP contribution in [-0.2, 0) is 21.7 Å². The van der Waals surface area contributed by atoms with Crippen LogP contribution in [-0.4, -0.2) is 77.8 Å². The Kier molecular flexibility index (Phi) is 34.4. The van der Waals surface area contributed by atoms with Crippen LogP contribution < -0.4 is 0 Å². The Bertz CT molecular complexity index is 204. The van der Waals surface area contributed by atoms with Gasteiger partial charge in [-0.3, -0.25) is 0 Å². The zero-order valence-electron chi connectivity index (χ0n) is 18.7. The second kappa shape index (κ2) is 24.4. The fourth-order valence-corrected chi connectivity index (χ4v) is 1.87. The van der Waals surface area contributed by atoms with E-state index in [1.54, 1.807) is 0 Å². The number of aliphatic hydroxyl groups is 6. The zero-order valence-corrected chi connectivity index (χ0v) is 20.3. The molecule has 9 heteroatoms. The summed E-state index contributed by atoms with van der Waals surface area (Å²) in [5.41, 5.74) is 0. The summed E-state index contributed by atoms with van der Waals surface area (Å²) in [4.78, 5) is 2.33. The second-order valence-corrected chi connectivity index (χ2v) is 5.84. The summed E-state index contributed by atoms with van der Waals surface area (Å²) in [7, 11) is 0. The van der Waals surface area contributed by atoms with Gasteiger partial charge >= 0.3 is 21.7 Å². The van der Waals surface area contributed by atoms with Crippen LogP contribution >= 0.6 is 0 Å². The predicted molar refractivity (Wildman–Crippen MR) is 105 cm³/mol. The fraction of sp³-hybridized carbons (Fsp3) is 0.889. The van der Waals surface area contributed by atoms with Gasteiger partial charge in [0.25, 0.3) is 0 Å². The number of aliphatic hydroxyl groups excluding tert-OH is 6. The van der Waals surface area contributed by atoms with Gasteiger partial charge in [0.1, 0.15) is 37.4 Å². The molecule has 0 aromatic carbocycles. The predicted octanol–water partition coefficient (Wildman–Crippen LogP) is 1.07. The molecule has 6 N–H and O–H groups in total. The van der Waals surface area contributed by atoms with Crippen molar-refractivity contribution in [2.75, 3.05) is 0 Å². The van der Waals surface area contributed by atoms with E-state index in [0.717, 1.165) is 0 Å². The number of nitrogens with zero attached hydrogens (tertiary/aromatic N) is 2.